The molecule has 0 radical (unpaired) electrons. The summed E-state index contributed by atoms with van der Waals surface area (Å²) in [6.45, 7) is 7.80. The second kappa shape index (κ2) is 20.5. The van der Waals surface area contributed by atoms with Gasteiger partial charge in [0.2, 0.25) is 0 Å². The molecule has 1 N–H and O–H groups in total. The molecule has 178 valence electrons. The normalized spacial score (nSPS) is 15.7. The molecule has 0 spiro atoms. The van der Waals surface area contributed by atoms with Gasteiger partial charge < -0.3 is 5.11 Å². The lowest BCUT2D eigenvalue weighted by molar-refractivity contribution is -0.120. The summed E-state index contributed by atoms with van der Waals surface area (Å²) < 4.78 is 0. The maximum atomic E-state index is 12.2. The molecule has 0 unspecified atom stereocenters. The number of hydrogen-bond donors (Lipinski definition) is 1. The van der Waals surface area contributed by atoms with Crippen molar-refractivity contribution in [2.45, 2.75) is 116 Å². The summed E-state index contributed by atoms with van der Waals surface area (Å²) in [5, 5.41) is 8.99. The third-order valence-corrected chi connectivity index (χ3v) is 6.59. The fourth-order valence-electron chi connectivity index (χ4n) is 4.51. The fraction of sp³-hybridized carbons (Fsp3) is 0.962. The van der Waals surface area contributed by atoms with Crippen molar-refractivity contribution in [2.24, 2.45) is 0 Å². The Hall–Kier alpha value is -0.450. The Morgan fingerprint density at radius 2 is 1.03 bits per heavy atom. The molecule has 1 aliphatic rings. The molecule has 0 aromatic carbocycles. The molecule has 1 heterocycles. The first-order chi connectivity index (χ1) is 14.8. The summed E-state index contributed by atoms with van der Waals surface area (Å²) in [5.41, 5.74) is 0. The molecule has 0 aromatic heterocycles. The van der Waals surface area contributed by atoms with Crippen LogP contribution in [-0.2, 0) is 4.79 Å². The highest BCUT2D eigenvalue weighted by molar-refractivity contribution is 5.80. The van der Waals surface area contributed by atoms with Crippen molar-refractivity contribution in [3.8, 4) is 0 Å². The minimum atomic E-state index is 0.234. The Morgan fingerprint density at radius 3 is 1.47 bits per heavy atom. The summed E-state index contributed by atoms with van der Waals surface area (Å²) in [4.78, 5) is 16.7. The SMILES string of the molecule is CCCCCCCCCCCCCCCCCCC(=O)CN1CCN(CCO)CC1. The molecule has 1 rings (SSSR count). The molecule has 0 amide bonds. The number of aliphatic hydroxyl groups excluding tert-OH is 1. The van der Waals surface area contributed by atoms with Crippen molar-refractivity contribution in [3.05, 3.63) is 0 Å². The largest absolute Gasteiger partial charge is 0.395 e. The van der Waals surface area contributed by atoms with Gasteiger partial charge in [-0.3, -0.25) is 14.6 Å². The Balaban J connectivity index is 1.77. The van der Waals surface area contributed by atoms with E-state index in [0.717, 1.165) is 45.6 Å². The smallest absolute Gasteiger partial charge is 0.146 e. The average molecular weight is 425 g/mol. The molecule has 1 aliphatic heterocycles. The predicted octanol–water partition coefficient (Wildman–Crippen LogP) is 5.82. The number of hydrogen-bond acceptors (Lipinski definition) is 4. The van der Waals surface area contributed by atoms with E-state index in [-0.39, 0.29) is 6.61 Å². The van der Waals surface area contributed by atoms with Crippen molar-refractivity contribution in [2.75, 3.05) is 45.9 Å². The quantitative estimate of drug-likeness (QED) is 0.236. The van der Waals surface area contributed by atoms with Crippen molar-refractivity contribution in [1.29, 1.82) is 0 Å². The van der Waals surface area contributed by atoms with Crippen LogP contribution in [0.25, 0.3) is 0 Å². The first-order valence-corrected chi connectivity index (χ1v) is 13.3. The van der Waals surface area contributed by atoms with Crippen molar-refractivity contribution in [1.82, 2.24) is 9.80 Å². The predicted molar refractivity (Wildman–Crippen MR) is 129 cm³/mol. The van der Waals surface area contributed by atoms with Gasteiger partial charge in [0.05, 0.1) is 13.2 Å². The lowest BCUT2D eigenvalue weighted by atomic mass is 10.0. The highest BCUT2D eigenvalue weighted by Crippen LogP contribution is 2.14. The van der Waals surface area contributed by atoms with Crippen LogP contribution in [0.4, 0.5) is 0 Å². The summed E-state index contributed by atoms with van der Waals surface area (Å²) in [7, 11) is 0. The fourth-order valence-corrected chi connectivity index (χ4v) is 4.51. The van der Waals surface area contributed by atoms with E-state index in [4.69, 9.17) is 5.11 Å². The molecule has 30 heavy (non-hydrogen) atoms. The Kier molecular flexibility index (Phi) is 18.8. The number of Topliss-reactive ketones (excluding diaryl/α,β-unsaturated/α-hetero) is 1. The number of ketones is 1. The monoisotopic (exact) mass is 424 g/mol. The van der Waals surface area contributed by atoms with Crippen molar-refractivity contribution < 1.29 is 9.90 Å². The van der Waals surface area contributed by atoms with Gasteiger partial charge in [0.1, 0.15) is 5.78 Å². The molecule has 1 fully saturated rings. The maximum Gasteiger partial charge on any atom is 0.146 e. The molecule has 0 bridgehead atoms. The van der Waals surface area contributed by atoms with Crippen molar-refractivity contribution in [3.63, 3.8) is 0 Å². The van der Waals surface area contributed by atoms with E-state index in [1.165, 1.54) is 96.3 Å². The molecule has 0 aliphatic carbocycles. The number of rotatable bonds is 21. The van der Waals surface area contributed by atoms with Gasteiger partial charge in [0.25, 0.3) is 0 Å². The Labute approximate surface area is 187 Å². The van der Waals surface area contributed by atoms with E-state index in [9.17, 15) is 4.79 Å². The summed E-state index contributed by atoms with van der Waals surface area (Å²) in [6, 6.07) is 0. The molecule has 0 atom stereocenters. The average Bonchev–Trinajstić information content (AvgIpc) is 2.75. The van der Waals surface area contributed by atoms with E-state index in [1.54, 1.807) is 0 Å². The van der Waals surface area contributed by atoms with Crippen LogP contribution in [0.15, 0.2) is 0 Å². The van der Waals surface area contributed by atoms with Gasteiger partial charge in [0.15, 0.2) is 0 Å². The van der Waals surface area contributed by atoms with Crippen LogP contribution in [0.2, 0.25) is 0 Å². The lowest BCUT2D eigenvalue weighted by Crippen LogP contribution is -2.48. The number of carbonyl (C=O) groups is 1. The van der Waals surface area contributed by atoms with E-state index in [1.807, 2.05) is 0 Å². The number of unbranched alkanes of at least 4 members (excludes halogenated alkanes) is 15. The van der Waals surface area contributed by atoms with E-state index < -0.39 is 0 Å². The van der Waals surface area contributed by atoms with Gasteiger partial charge in [-0.25, -0.2) is 0 Å². The third-order valence-electron chi connectivity index (χ3n) is 6.59. The van der Waals surface area contributed by atoms with Crippen LogP contribution in [-0.4, -0.2) is 66.6 Å². The van der Waals surface area contributed by atoms with E-state index in [2.05, 4.69) is 16.7 Å². The minimum Gasteiger partial charge on any atom is -0.395 e. The molecular weight excluding hydrogens is 372 g/mol. The highest BCUT2D eigenvalue weighted by Gasteiger charge is 2.18. The standard InChI is InChI=1S/C26H52N2O2/c1-2-3-4-5-6-7-8-9-10-11-12-13-14-15-16-17-18-26(30)25-28-21-19-27(20-22-28)23-24-29/h29H,2-25H2,1H3. The van der Waals surface area contributed by atoms with Gasteiger partial charge in [0, 0.05) is 39.1 Å². The van der Waals surface area contributed by atoms with Crippen LogP contribution in [0.1, 0.15) is 116 Å². The Morgan fingerprint density at radius 1 is 0.633 bits per heavy atom. The first-order valence-electron chi connectivity index (χ1n) is 13.3. The molecule has 4 nitrogen and oxygen atoms in total. The molecule has 4 heteroatoms. The molecule has 1 saturated heterocycles. The molecule has 0 saturated carbocycles. The highest BCUT2D eigenvalue weighted by atomic mass is 16.3. The third kappa shape index (κ3) is 16.3. The van der Waals surface area contributed by atoms with Gasteiger partial charge in [-0.15, -0.1) is 0 Å². The topological polar surface area (TPSA) is 43.8 Å². The minimum absolute atomic E-state index is 0.234. The lowest BCUT2D eigenvalue weighted by Gasteiger charge is -2.33. The zero-order chi connectivity index (χ0) is 21.7. The second-order valence-electron chi connectivity index (χ2n) is 9.43. The van der Waals surface area contributed by atoms with Crippen LogP contribution in [0, 0.1) is 0 Å². The zero-order valence-electron chi connectivity index (χ0n) is 20.2. The first kappa shape index (κ1) is 27.6. The van der Waals surface area contributed by atoms with Crippen LogP contribution < -0.4 is 0 Å². The van der Waals surface area contributed by atoms with Gasteiger partial charge >= 0.3 is 0 Å². The van der Waals surface area contributed by atoms with Gasteiger partial charge in [-0.05, 0) is 6.42 Å². The number of carbonyl (C=O) groups excluding carboxylic acids is 1. The number of aliphatic hydroxyl groups is 1. The van der Waals surface area contributed by atoms with E-state index >= 15 is 0 Å². The maximum absolute atomic E-state index is 12.2. The van der Waals surface area contributed by atoms with Crippen molar-refractivity contribution >= 4 is 5.78 Å². The second-order valence-corrected chi connectivity index (χ2v) is 9.43. The number of β-amino-alcohol motifs (C(OH)–C–C–N with tert-alkyl or cyclic N) is 1. The molecule has 0 aromatic rings. The summed E-state index contributed by atoms with van der Waals surface area (Å²) in [6.07, 6.45) is 22.7. The van der Waals surface area contributed by atoms with Crippen LogP contribution in [0.5, 0.6) is 0 Å². The van der Waals surface area contributed by atoms with E-state index in [0.29, 0.717) is 12.3 Å². The number of nitrogens with zero attached hydrogens (tertiary/aromatic N) is 2. The molecular formula is C26H52N2O2. The van der Waals surface area contributed by atoms with Crippen LogP contribution in [0.3, 0.4) is 0 Å². The summed E-state index contributed by atoms with van der Waals surface area (Å²) in [5.74, 6) is 0.413. The van der Waals surface area contributed by atoms with Gasteiger partial charge in [-0.2, -0.15) is 0 Å². The van der Waals surface area contributed by atoms with Crippen LogP contribution >= 0.6 is 0 Å². The number of piperazine rings is 1. The Bertz CT molecular complexity index is 381. The summed E-state index contributed by atoms with van der Waals surface area (Å²) >= 11 is 0. The van der Waals surface area contributed by atoms with Gasteiger partial charge in [-0.1, -0.05) is 103 Å². The zero-order valence-corrected chi connectivity index (χ0v) is 20.2.